The van der Waals surface area contributed by atoms with Crippen molar-refractivity contribution in [3.63, 3.8) is 0 Å². The molecule has 1 rings (SSSR count). The second-order valence-electron chi connectivity index (χ2n) is 4.94. The molecular formula is C14H21NO2S2. The Bertz CT molecular complexity index is 521. The molecule has 106 valence electrons. The van der Waals surface area contributed by atoms with Gasteiger partial charge in [0.2, 0.25) is 0 Å². The highest BCUT2D eigenvalue weighted by Gasteiger charge is 2.13. The standard InChI is InChI=1S/C14H21NO2S2/c1-3-8-19(16,17)13-6-4-12(5-7-13)9-11(2)10-14(15)18/h4-7,11H,3,8-10H2,1-2H3,(H2,15,18). The maximum atomic E-state index is 11.9. The molecule has 2 N–H and O–H groups in total. The summed E-state index contributed by atoms with van der Waals surface area (Å²) < 4.78 is 23.8. The molecule has 0 aliphatic rings. The van der Waals surface area contributed by atoms with Crippen LogP contribution in [0.15, 0.2) is 29.2 Å². The molecule has 1 unspecified atom stereocenters. The molecule has 1 atom stereocenters. The van der Waals surface area contributed by atoms with Crippen LogP contribution in [0, 0.1) is 5.92 Å². The van der Waals surface area contributed by atoms with Gasteiger partial charge in [-0.2, -0.15) is 0 Å². The summed E-state index contributed by atoms with van der Waals surface area (Å²) in [6.07, 6.45) is 2.20. The average Bonchev–Trinajstić information content (AvgIpc) is 2.28. The summed E-state index contributed by atoms with van der Waals surface area (Å²) in [5, 5.41) is 0. The van der Waals surface area contributed by atoms with Crippen LogP contribution in [0.2, 0.25) is 0 Å². The Morgan fingerprint density at radius 2 is 1.89 bits per heavy atom. The molecular weight excluding hydrogens is 278 g/mol. The van der Waals surface area contributed by atoms with Gasteiger partial charge in [-0.3, -0.25) is 0 Å². The Morgan fingerprint density at radius 3 is 2.37 bits per heavy atom. The molecule has 0 aromatic heterocycles. The van der Waals surface area contributed by atoms with Crippen molar-refractivity contribution >= 4 is 27.0 Å². The SMILES string of the molecule is CCCS(=O)(=O)c1ccc(CC(C)CC(N)=S)cc1. The summed E-state index contributed by atoms with van der Waals surface area (Å²) in [6, 6.07) is 7.12. The van der Waals surface area contributed by atoms with Crippen LogP contribution in [0.4, 0.5) is 0 Å². The zero-order valence-electron chi connectivity index (χ0n) is 11.4. The quantitative estimate of drug-likeness (QED) is 0.786. The molecule has 0 heterocycles. The Hall–Kier alpha value is -0.940. The molecule has 0 radical (unpaired) electrons. The number of sulfone groups is 1. The first kappa shape index (κ1) is 16.1. The van der Waals surface area contributed by atoms with E-state index in [4.69, 9.17) is 18.0 Å². The smallest absolute Gasteiger partial charge is 0.178 e. The molecule has 0 saturated carbocycles. The first-order valence-electron chi connectivity index (χ1n) is 6.45. The van der Waals surface area contributed by atoms with Gasteiger partial charge in [-0.1, -0.05) is 38.2 Å². The van der Waals surface area contributed by atoms with Gasteiger partial charge in [-0.15, -0.1) is 0 Å². The molecule has 3 nitrogen and oxygen atoms in total. The van der Waals surface area contributed by atoms with Crippen LogP contribution in [0.1, 0.15) is 32.3 Å². The maximum Gasteiger partial charge on any atom is 0.178 e. The van der Waals surface area contributed by atoms with Gasteiger partial charge in [0.25, 0.3) is 0 Å². The van der Waals surface area contributed by atoms with Crippen molar-refractivity contribution in [1.29, 1.82) is 0 Å². The third-order valence-corrected chi connectivity index (χ3v) is 4.99. The number of rotatable bonds is 7. The monoisotopic (exact) mass is 299 g/mol. The largest absolute Gasteiger partial charge is 0.393 e. The lowest BCUT2D eigenvalue weighted by atomic mass is 9.98. The van der Waals surface area contributed by atoms with E-state index in [0.717, 1.165) is 12.0 Å². The minimum Gasteiger partial charge on any atom is -0.393 e. The van der Waals surface area contributed by atoms with Crippen molar-refractivity contribution in [3.8, 4) is 0 Å². The van der Waals surface area contributed by atoms with Gasteiger partial charge in [0, 0.05) is 6.42 Å². The minimum atomic E-state index is -3.12. The Labute approximate surface area is 121 Å². The van der Waals surface area contributed by atoms with E-state index in [1.165, 1.54) is 0 Å². The van der Waals surface area contributed by atoms with Crippen molar-refractivity contribution in [3.05, 3.63) is 29.8 Å². The van der Waals surface area contributed by atoms with Crippen molar-refractivity contribution in [2.75, 3.05) is 5.75 Å². The third kappa shape index (κ3) is 5.28. The van der Waals surface area contributed by atoms with Gasteiger partial charge in [0.05, 0.1) is 15.6 Å². The van der Waals surface area contributed by atoms with E-state index in [2.05, 4.69) is 6.92 Å². The van der Waals surface area contributed by atoms with E-state index in [1.54, 1.807) is 12.1 Å². The molecule has 0 saturated heterocycles. The van der Waals surface area contributed by atoms with E-state index >= 15 is 0 Å². The fraction of sp³-hybridized carbons (Fsp3) is 0.500. The molecule has 0 aliphatic carbocycles. The summed E-state index contributed by atoms with van der Waals surface area (Å²) >= 11 is 4.89. The topological polar surface area (TPSA) is 60.2 Å². The van der Waals surface area contributed by atoms with Gasteiger partial charge < -0.3 is 5.73 Å². The van der Waals surface area contributed by atoms with Crippen LogP contribution < -0.4 is 5.73 Å². The molecule has 1 aromatic rings. The van der Waals surface area contributed by atoms with Crippen molar-refractivity contribution in [2.24, 2.45) is 11.7 Å². The number of thiocarbonyl (C=S) groups is 1. The second kappa shape index (κ2) is 7.01. The molecule has 5 heteroatoms. The number of nitrogens with two attached hydrogens (primary N) is 1. The molecule has 0 amide bonds. The zero-order valence-corrected chi connectivity index (χ0v) is 13.1. The van der Waals surface area contributed by atoms with Crippen LogP contribution in [0.5, 0.6) is 0 Å². The minimum absolute atomic E-state index is 0.199. The summed E-state index contributed by atoms with van der Waals surface area (Å²) in [7, 11) is -3.12. The third-order valence-electron chi connectivity index (χ3n) is 2.89. The predicted octanol–water partition coefficient (Wildman–Crippen LogP) is 2.73. The molecule has 0 fully saturated rings. The van der Waals surface area contributed by atoms with Gasteiger partial charge >= 0.3 is 0 Å². The molecule has 0 aliphatic heterocycles. The maximum absolute atomic E-state index is 11.9. The summed E-state index contributed by atoms with van der Waals surface area (Å²) in [5.74, 6) is 0.570. The lowest BCUT2D eigenvalue weighted by Gasteiger charge is -2.11. The first-order valence-corrected chi connectivity index (χ1v) is 8.51. The fourth-order valence-corrected chi connectivity index (χ4v) is 3.65. The Morgan fingerprint density at radius 1 is 1.32 bits per heavy atom. The molecule has 19 heavy (non-hydrogen) atoms. The van der Waals surface area contributed by atoms with E-state index in [-0.39, 0.29) is 5.75 Å². The average molecular weight is 299 g/mol. The van der Waals surface area contributed by atoms with Gasteiger partial charge in [-0.05, 0) is 36.5 Å². The summed E-state index contributed by atoms with van der Waals surface area (Å²) in [6.45, 7) is 3.95. The highest BCUT2D eigenvalue weighted by molar-refractivity contribution is 7.91. The Kier molecular flexibility index (Phi) is 5.94. The predicted molar refractivity (Wildman–Crippen MR) is 83.1 cm³/mol. The highest BCUT2D eigenvalue weighted by atomic mass is 32.2. The Balaban J connectivity index is 2.74. The van der Waals surface area contributed by atoms with Crippen LogP contribution in [0.25, 0.3) is 0 Å². The normalized spacial score (nSPS) is 13.2. The number of benzene rings is 1. The fourth-order valence-electron chi connectivity index (χ4n) is 2.04. The van der Waals surface area contributed by atoms with Crippen LogP contribution in [-0.4, -0.2) is 19.2 Å². The zero-order chi connectivity index (χ0) is 14.5. The van der Waals surface area contributed by atoms with Gasteiger partial charge in [0.15, 0.2) is 9.84 Å². The van der Waals surface area contributed by atoms with Gasteiger partial charge in [0.1, 0.15) is 0 Å². The molecule has 0 spiro atoms. The van der Waals surface area contributed by atoms with E-state index in [9.17, 15) is 8.42 Å². The van der Waals surface area contributed by atoms with E-state index in [1.807, 2.05) is 19.1 Å². The molecule has 1 aromatic carbocycles. The van der Waals surface area contributed by atoms with Gasteiger partial charge in [-0.25, -0.2) is 8.42 Å². The highest BCUT2D eigenvalue weighted by Crippen LogP contribution is 2.16. The van der Waals surface area contributed by atoms with Crippen LogP contribution in [0.3, 0.4) is 0 Å². The van der Waals surface area contributed by atoms with Crippen LogP contribution >= 0.6 is 12.2 Å². The first-order chi connectivity index (χ1) is 8.85. The van der Waals surface area contributed by atoms with Crippen molar-refractivity contribution in [2.45, 2.75) is 38.0 Å². The number of hydrogen-bond acceptors (Lipinski definition) is 3. The summed E-state index contributed by atoms with van der Waals surface area (Å²) in [5.41, 5.74) is 6.62. The van der Waals surface area contributed by atoms with Crippen molar-refractivity contribution in [1.82, 2.24) is 0 Å². The van der Waals surface area contributed by atoms with Crippen molar-refractivity contribution < 1.29 is 8.42 Å². The van der Waals surface area contributed by atoms with Crippen LogP contribution in [-0.2, 0) is 16.3 Å². The second-order valence-corrected chi connectivity index (χ2v) is 7.58. The van der Waals surface area contributed by atoms with E-state index in [0.29, 0.717) is 28.6 Å². The summed E-state index contributed by atoms with van der Waals surface area (Å²) in [4.78, 5) is 0.926. The van der Waals surface area contributed by atoms with E-state index < -0.39 is 9.84 Å². The lowest BCUT2D eigenvalue weighted by Crippen LogP contribution is -2.14. The molecule has 0 bridgehead atoms. The lowest BCUT2D eigenvalue weighted by molar-refractivity contribution is 0.594. The number of hydrogen-bond donors (Lipinski definition) is 1.